The predicted octanol–water partition coefficient (Wildman–Crippen LogP) is 2.47. The molecule has 114 valence electrons. The van der Waals surface area contributed by atoms with Gasteiger partial charge >= 0.3 is 0 Å². The Morgan fingerprint density at radius 3 is 2.71 bits per heavy atom. The molecule has 2 N–H and O–H groups in total. The van der Waals surface area contributed by atoms with Crippen LogP contribution in [-0.2, 0) is 0 Å². The van der Waals surface area contributed by atoms with E-state index in [0.29, 0.717) is 29.8 Å². The number of hydrogen-bond acceptors (Lipinski definition) is 4. The van der Waals surface area contributed by atoms with Crippen molar-refractivity contribution in [2.75, 3.05) is 13.2 Å². The van der Waals surface area contributed by atoms with E-state index in [2.05, 4.69) is 18.3 Å². The van der Waals surface area contributed by atoms with Crippen LogP contribution < -0.4 is 10.1 Å². The molecule has 2 rings (SSSR count). The fourth-order valence-electron chi connectivity index (χ4n) is 2.78. The molecule has 1 fully saturated rings. The molecule has 1 aliphatic rings. The van der Waals surface area contributed by atoms with E-state index in [9.17, 15) is 5.11 Å². The first-order valence-electron chi connectivity index (χ1n) is 7.73. The number of rotatable bonds is 6. The van der Waals surface area contributed by atoms with Crippen molar-refractivity contribution >= 4 is 0 Å². The van der Waals surface area contributed by atoms with Gasteiger partial charge in [0.15, 0.2) is 0 Å². The highest BCUT2D eigenvalue weighted by atomic mass is 16.5. The van der Waals surface area contributed by atoms with Gasteiger partial charge in [-0.2, -0.15) is 5.26 Å². The zero-order valence-corrected chi connectivity index (χ0v) is 12.6. The summed E-state index contributed by atoms with van der Waals surface area (Å²) in [7, 11) is 0. The average molecular weight is 288 g/mol. The third-order valence-corrected chi connectivity index (χ3v) is 4.15. The second-order valence-corrected chi connectivity index (χ2v) is 5.88. The van der Waals surface area contributed by atoms with Crippen molar-refractivity contribution < 1.29 is 9.84 Å². The average Bonchev–Trinajstić information content (AvgIpc) is 2.52. The second-order valence-electron chi connectivity index (χ2n) is 5.88. The van der Waals surface area contributed by atoms with E-state index in [1.165, 1.54) is 25.7 Å². The van der Waals surface area contributed by atoms with E-state index in [0.717, 1.165) is 0 Å². The summed E-state index contributed by atoms with van der Waals surface area (Å²) in [6.45, 7) is 3.10. The van der Waals surface area contributed by atoms with Crippen molar-refractivity contribution in [3.05, 3.63) is 29.8 Å². The molecule has 0 saturated heterocycles. The molecule has 0 amide bonds. The van der Waals surface area contributed by atoms with Crippen LogP contribution in [-0.4, -0.2) is 30.4 Å². The van der Waals surface area contributed by atoms with Crippen molar-refractivity contribution in [2.24, 2.45) is 5.92 Å². The summed E-state index contributed by atoms with van der Waals surface area (Å²) in [5.74, 6) is 1.37. The number of aliphatic hydroxyl groups excluding tert-OH is 1. The number of nitriles is 1. The molecule has 0 radical (unpaired) electrons. The Morgan fingerprint density at radius 2 is 2.05 bits per heavy atom. The maximum Gasteiger partial charge on any atom is 0.119 e. The van der Waals surface area contributed by atoms with Gasteiger partial charge in [0, 0.05) is 12.6 Å². The van der Waals surface area contributed by atoms with Gasteiger partial charge in [0.25, 0.3) is 0 Å². The van der Waals surface area contributed by atoms with Crippen LogP contribution in [0.3, 0.4) is 0 Å². The van der Waals surface area contributed by atoms with Crippen LogP contribution in [0, 0.1) is 17.2 Å². The molecule has 1 aliphatic carbocycles. The summed E-state index contributed by atoms with van der Waals surface area (Å²) in [6, 6.07) is 9.51. The summed E-state index contributed by atoms with van der Waals surface area (Å²) < 4.78 is 5.53. The molecule has 0 heterocycles. The molecule has 4 nitrogen and oxygen atoms in total. The molecular weight excluding hydrogens is 264 g/mol. The van der Waals surface area contributed by atoms with Crippen LogP contribution in [0.15, 0.2) is 24.3 Å². The van der Waals surface area contributed by atoms with Gasteiger partial charge in [0.2, 0.25) is 0 Å². The lowest BCUT2D eigenvalue weighted by Crippen LogP contribution is -2.42. The monoisotopic (exact) mass is 288 g/mol. The zero-order valence-electron chi connectivity index (χ0n) is 12.6. The summed E-state index contributed by atoms with van der Waals surface area (Å²) >= 11 is 0. The molecule has 3 unspecified atom stereocenters. The number of aliphatic hydroxyl groups is 1. The predicted molar refractivity (Wildman–Crippen MR) is 82.1 cm³/mol. The van der Waals surface area contributed by atoms with Crippen molar-refractivity contribution in [2.45, 2.75) is 44.8 Å². The van der Waals surface area contributed by atoms with Gasteiger partial charge in [-0.15, -0.1) is 0 Å². The van der Waals surface area contributed by atoms with Gasteiger partial charge < -0.3 is 15.2 Å². The van der Waals surface area contributed by atoms with E-state index < -0.39 is 6.10 Å². The highest BCUT2D eigenvalue weighted by Crippen LogP contribution is 2.23. The van der Waals surface area contributed by atoms with Gasteiger partial charge in [-0.3, -0.25) is 0 Å². The van der Waals surface area contributed by atoms with Gasteiger partial charge in [-0.05, 0) is 43.0 Å². The Balaban J connectivity index is 1.69. The summed E-state index contributed by atoms with van der Waals surface area (Å²) in [5, 5.41) is 22.2. The summed E-state index contributed by atoms with van der Waals surface area (Å²) in [6.07, 6.45) is 4.55. The number of ether oxygens (including phenoxy) is 1. The third kappa shape index (κ3) is 5.04. The molecule has 0 spiro atoms. The maximum atomic E-state index is 9.99. The smallest absolute Gasteiger partial charge is 0.119 e. The van der Waals surface area contributed by atoms with Crippen LogP contribution in [0.4, 0.5) is 0 Å². The maximum absolute atomic E-state index is 9.99. The molecule has 3 atom stereocenters. The van der Waals surface area contributed by atoms with E-state index >= 15 is 0 Å². The van der Waals surface area contributed by atoms with E-state index in [-0.39, 0.29) is 6.61 Å². The molecule has 1 saturated carbocycles. The van der Waals surface area contributed by atoms with Gasteiger partial charge in [0.05, 0.1) is 11.6 Å². The van der Waals surface area contributed by atoms with Crippen molar-refractivity contribution in [3.63, 3.8) is 0 Å². The molecule has 1 aromatic carbocycles. The quantitative estimate of drug-likeness (QED) is 0.844. The van der Waals surface area contributed by atoms with E-state index in [1.807, 2.05) is 0 Å². The standard InChI is InChI=1S/C17H24N2O2/c1-13-4-2-3-5-17(13)19-11-15(20)12-21-16-8-6-14(10-18)7-9-16/h6-9,13,15,17,19-20H,2-5,11-12H2,1H3. The van der Waals surface area contributed by atoms with Crippen molar-refractivity contribution in [1.29, 1.82) is 5.26 Å². The molecule has 0 bridgehead atoms. The Morgan fingerprint density at radius 1 is 1.33 bits per heavy atom. The molecule has 4 heteroatoms. The van der Waals surface area contributed by atoms with Crippen LogP contribution in [0.25, 0.3) is 0 Å². The first kappa shape index (κ1) is 15.8. The van der Waals surface area contributed by atoms with E-state index in [4.69, 9.17) is 10.00 Å². The Bertz CT molecular complexity index is 467. The minimum absolute atomic E-state index is 0.264. The van der Waals surface area contributed by atoms with Gasteiger partial charge in [-0.1, -0.05) is 19.8 Å². The van der Waals surface area contributed by atoms with Crippen LogP contribution in [0.5, 0.6) is 5.75 Å². The zero-order chi connectivity index (χ0) is 15.1. The molecule has 0 aliphatic heterocycles. The second kappa shape index (κ2) is 8.02. The molecule has 0 aromatic heterocycles. The summed E-state index contributed by atoms with van der Waals surface area (Å²) in [4.78, 5) is 0. The fourth-order valence-corrected chi connectivity index (χ4v) is 2.78. The molecule has 1 aromatic rings. The topological polar surface area (TPSA) is 65.3 Å². The van der Waals surface area contributed by atoms with Crippen LogP contribution in [0.1, 0.15) is 38.2 Å². The number of hydrogen-bond donors (Lipinski definition) is 2. The highest BCUT2D eigenvalue weighted by molar-refractivity contribution is 5.34. The number of nitrogens with zero attached hydrogens (tertiary/aromatic N) is 1. The van der Waals surface area contributed by atoms with Crippen LogP contribution >= 0.6 is 0 Å². The summed E-state index contributed by atoms with van der Waals surface area (Å²) in [5.41, 5.74) is 0.607. The minimum Gasteiger partial charge on any atom is -0.491 e. The Kier molecular flexibility index (Phi) is 6.04. The lowest BCUT2D eigenvalue weighted by Gasteiger charge is -2.30. The number of benzene rings is 1. The largest absolute Gasteiger partial charge is 0.491 e. The SMILES string of the molecule is CC1CCCCC1NCC(O)COc1ccc(C#N)cc1. The van der Waals surface area contributed by atoms with E-state index in [1.54, 1.807) is 24.3 Å². The third-order valence-electron chi connectivity index (χ3n) is 4.15. The van der Waals surface area contributed by atoms with Gasteiger partial charge in [0.1, 0.15) is 18.5 Å². The normalized spacial score (nSPS) is 23.3. The first-order valence-corrected chi connectivity index (χ1v) is 7.73. The van der Waals surface area contributed by atoms with Gasteiger partial charge in [-0.25, -0.2) is 0 Å². The minimum atomic E-state index is -0.519. The highest BCUT2D eigenvalue weighted by Gasteiger charge is 2.21. The van der Waals surface area contributed by atoms with Crippen molar-refractivity contribution in [1.82, 2.24) is 5.32 Å². The first-order chi connectivity index (χ1) is 10.2. The lowest BCUT2D eigenvalue weighted by molar-refractivity contribution is 0.0985. The van der Waals surface area contributed by atoms with Crippen LogP contribution in [0.2, 0.25) is 0 Å². The number of nitrogens with one attached hydrogen (secondary N) is 1. The Labute approximate surface area is 126 Å². The molecular formula is C17H24N2O2. The fraction of sp³-hybridized carbons (Fsp3) is 0.588. The Hall–Kier alpha value is -1.57. The van der Waals surface area contributed by atoms with Crippen molar-refractivity contribution in [3.8, 4) is 11.8 Å². The lowest BCUT2D eigenvalue weighted by atomic mass is 9.86. The molecule has 21 heavy (non-hydrogen) atoms.